The minimum absolute atomic E-state index is 0.0203. The number of aromatic nitrogens is 1. The van der Waals surface area contributed by atoms with Gasteiger partial charge < -0.3 is 8.94 Å². The van der Waals surface area contributed by atoms with Gasteiger partial charge in [-0.2, -0.15) is 0 Å². The molecule has 1 aliphatic rings. The SMILES string of the molecule is Cc1ccc2oc3c(c(=O)c2c1)[C@H](c1ccc(Cl)c(Cl)c1)N(c1cc(C)on1)C3=O. The molecular formula is C22H14Cl2N2O4. The van der Waals surface area contributed by atoms with Crippen LogP contribution in [0.3, 0.4) is 0 Å². The Balaban J connectivity index is 1.84. The zero-order valence-corrected chi connectivity index (χ0v) is 17.4. The van der Waals surface area contributed by atoms with Gasteiger partial charge in [-0.3, -0.25) is 14.5 Å². The molecule has 0 fully saturated rings. The van der Waals surface area contributed by atoms with Crippen LogP contribution < -0.4 is 10.3 Å². The van der Waals surface area contributed by atoms with E-state index in [0.717, 1.165) is 5.56 Å². The molecule has 6 nitrogen and oxygen atoms in total. The predicted molar refractivity (Wildman–Crippen MR) is 114 cm³/mol. The molecule has 5 rings (SSSR count). The Labute approximate surface area is 180 Å². The smallest absolute Gasteiger partial charge is 0.296 e. The first kappa shape index (κ1) is 18.9. The Bertz CT molecular complexity index is 1410. The molecule has 0 radical (unpaired) electrons. The standard InChI is InChI=1S/C22H14Cl2N2O4/c1-10-3-6-16-13(7-10)20(27)18-19(12-4-5-14(23)15(24)9-12)26(22(28)21(18)29-16)17-8-11(2)30-25-17/h3-9,19H,1-2H3/t19-/m0/s1. The molecule has 0 saturated heterocycles. The maximum atomic E-state index is 13.5. The van der Waals surface area contributed by atoms with Crippen molar-refractivity contribution in [2.24, 2.45) is 0 Å². The number of rotatable bonds is 2. The predicted octanol–water partition coefficient (Wildman–Crippen LogP) is 5.45. The van der Waals surface area contributed by atoms with Crippen LogP contribution >= 0.6 is 23.2 Å². The quantitative estimate of drug-likeness (QED) is 0.413. The maximum Gasteiger partial charge on any atom is 0.296 e. The third-order valence-corrected chi connectivity index (χ3v) is 5.89. The summed E-state index contributed by atoms with van der Waals surface area (Å²) in [6.45, 7) is 3.61. The molecule has 0 aliphatic carbocycles. The first-order valence-corrected chi connectivity index (χ1v) is 9.90. The van der Waals surface area contributed by atoms with Gasteiger partial charge in [0.1, 0.15) is 11.3 Å². The number of hydrogen-bond acceptors (Lipinski definition) is 5. The second-order valence-electron chi connectivity index (χ2n) is 7.22. The molecule has 8 heteroatoms. The van der Waals surface area contributed by atoms with Crippen LogP contribution in [0.2, 0.25) is 10.0 Å². The molecule has 0 unspecified atom stereocenters. The van der Waals surface area contributed by atoms with Gasteiger partial charge in [-0.1, -0.05) is 46.1 Å². The molecule has 0 spiro atoms. The number of amides is 1. The van der Waals surface area contributed by atoms with Crippen LogP contribution in [0, 0.1) is 13.8 Å². The van der Waals surface area contributed by atoms with E-state index in [1.165, 1.54) is 4.90 Å². The number of carbonyl (C=O) groups is 1. The summed E-state index contributed by atoms with van der Waals surface area (Å²) >= 11 is 12.3. The van der Waals surface area contributed by atoms with Crippen LogP contribution in [0.25, 0.3) is 11.0 Å². The van der Waals surface area contributed by atoms with Crippen molar-refractivity contribution >= 4 is 45.9 Å². The first-order chi connectivity index (χ1) is 14.3. The Morgan fingerprint density at radius 3 is 2.50 bits per heavy atom. The Morgan fingerprint density at radius 1 is 1.00 bits per heavy atom. The minimum Gasteiger partial charge on any atom is -0.450 e. The summed E-state index contributed by atoms with van der Waals surface area (Å²) in [6, 6.07) is 11.1. The Morgan fingerprint density at radius 2 is 1.80 bits per heavy atom. The van der Waals surface area contributed by atoms with Crippen molar-refractivity contribution < 1.29 is 13.7 Å². The summed E-state index contributed by atoms with van der Waals surface area (Å²) in [4.78, 5) is 28.2. The number of aryl methyl sites for hydroxylation is 2. The van der Waals surface area contributed by atoms with E-state index >= 15 is 0 Å². The van der Waals surface area contributed by atoms with E-state index < -0.39 is 11.9 Å². The van der Waals surface area contributed by atoms with Crippen molar-refractivity contribution in [1.82, 2.24) is 5.16 Å². The summed E-state index contributed by atoms with van der Waals surface area (Å²) in [7, 11) is 0. The fourth-order valence-electron chi connectivity index (χ4n) is 3.79. The van der Waals surface area contributed by atoms with Crippen LogP contribution in [-0.2, 0) is 0 Å². The average Bonchev–Trinajstić information content (AvgIpc) is 3.26. The van der Waals surface area contributed by atoms with Gasteiger partial charge in [-0.25, -0.2) is 0 Å². The molecule has 1 atom stereocenters. The Hall–Kier alpha value is -3.09. The van der Waals surface area contributed by atoms with E-state index in [2.05, 4.69) is 5.16 Å². The lowest BCUT2D eigenvalue weighted by Gasteiger charge is -2.22. The number of hydrogen-bond donors (Lipinski definition) is 0. The Kier molecular flexibility index (Phi) is 4.24. The molecular weight excluding hydrogens is 427 g/mol. The highest BCUT2D eigenvalue weighted by Crippen LogP contribution is 2.42. The molecule has 2 aromatic carbocycles. The summed E-state index contributed by atoms with van der Waals surface area (Å²) in [6.07, 6.45) is 0. The highest BCUT2D eigenvalue weighted by Gasteiger charge is 2.45. The zero-order chi connectivity index (χ0) is 21.2. The molecule has 1 amide bonds. The number of nitrogens with zero attached hydrogens (tertiary/aromatic N) is 2. The van der Waals surface area contributed by atoms with Crippen molar-refractivity contribution in [1.29, 1.82) is 0 Å². The summed E-state index contributed by atoms with van der Waals surface area (Å²) in [5, 5.41) is 5.08. The van der Waals surface area contributed by atoms with Gasteiger partial charge in [0.05, 0.1) is 27.0 Å². The maximum absolute atomic E-state index is 13.5. The second-order valence-corrected chi connectivity index (χ2v) is 8.03. The van der Waals surface area contributed by atoms with Crippen molar-refractivity contribution in [2.45, 2.75) is 19.9 Å². The fraction of sp³-hybridized carbons (Fsp3) is 0.136. The molecule has 30 heavy (non-hydrogen) atoms. The molecule has 2 aromatic heterocycles. The second kappa shape index (κ2) is 6.72. The normalized spacial score (nSPS) is 15.8. The average molecular weight is 441 g/mol. The number of fused-ring (bicyclic) bond motifs is 2. The van der Waals surface area contributed by atoms with Crippen molar-refractivity contribution in [3.05, 3.63) is 90.9 Å². The van der Waals surface area contributed by atoms with Gasteiger partial charge in [-0.05, 0) is 43.7 Å². The van der Waals surface area contributed by atoms with Crippen LogP contribution in [-0.4, -0.2) is 11.1 Å². The van der Waals surface area contributed by atoms with Gasteiger partial charge in [0.2, 0.25) is 5.76 Å². The van der Waals surface area contributed by atoms with Gasteiger partial charge in [0.15, 0.2) is 11.2 Å². The number of halogens is 2. The lowest BCUT2D eigenvalue weighted by atomic mass is 9.98. The van der Waals surface area contributed by atoms with Crippen LogP contribution in [0.1, 0.15) is 39.0 Å². The van der Waals surface area contributed by atoms with Crippen molar-refractivity contribution in [3.8, 4) is 0 Å². The monoisotopic (exact) mass is 440 g/mol. The third kappa shape index (κ3) is 2.75. The number of benzene rings is 2. The fourth-order valence-corrected chi connectivity index (χ4v) is 4.09. The molecule has 0 saturated carbocycles. The van der Waals surface area contributed by atoms with Crippen molar-refractivity contribution in [2.75, 3.05) is 4.90 Å². The zero-order valence-electron chi connectivity index (χ0n) is 15.9. The highest BCUT2D eigenvalue weighted by atomic mass is 35.5. The van der Waals surface area contributed by atoms with Crippen LogP contribution in [0.5, 0.6) is 0 Å². The van der Waals surface area contributed by atoms with Crippen molar-refractivity contribution in [3.63, 3.8) is 0 Å². The minimum atomic E-state index is -0.784. The summed E-state index contributed by atoms with van der Waals surface area (Å²) < 4.78 is 11.1. The highest BCUT2D eigenvalue weighted by molar-refractivity contribution is 6.42. The summed E-state index contributed by atoms with van der Waals surface area (Å²) in [5.41, 5.74) is 1.83. The molecule has 4 aromatic rings. The van der Waals surface area contributed by atoms with E-state index in [0.29, 0.717) is 32.3 Å². The van der Waals surface area contributed by atoms with E-state index in [-0.39, 0.29) is 22.6 Å². The molecule has 1 aliphatic heterocycles. The molecule has 0 bridgehead atoms. The topological polar surface area (TPSA) is 76.6 Å². The van der Waals surface area contributed by atoms with Gasteiger partial charge >= 0.3 is 0 Å². The van der Waals surface area contributed by atoms with E-state index in [1.54, 1.807) is 43.3 Å². The molecule has 150 valence electrons. The third-order valence-electron chi connectivity index (χ3n) is 5.15. The number of carbonyl (C=O) groups excluding carboxylic acids is 1. The van der Waals surface area contributed by atoms with Crippen LogP contribution in [0.4, 0.5) is 5.82 Å². The van der Waals surface area contributed by atoms with Crippen LogP contribution in [0.15, 0.2) is 56.2 Å². The lowest BCUT2D eigenvalue weighted by Crippen LogP contribution is -2.29. The van der Waals surface area contributed by atoms with E-state index in [1.807, 2.05) is 13.0 Å². The lowest BCUT2D eigenvalue weighted by molar-refractivity contribution is 0.0969. The van der Waals surface area contributed by atoms with E-state index in [4.69, 9.17) is 32.1 Å². The molecule has 3 heterocycles. The van der Waals surface area contributed by atoms with E-state index in [9.17, 15) is 9.59 Å². The first-order valence-electron chi connectivity index (χ1n) is 9.14. The van der Waals surface area contributed by atoms with Gasteiger partial charge in [0.25, 0.3) is 5.91 Å². The number of anilines is 1. The van der Waals surface area contributed by atoms with Gasteiger partial charge in [-0.15, -0.1) is 0 Å². The summed E-state index contributed by atoms with van der Waals surface area (Å²) in [5.74, 6) is 0.309. The molecule has 0 N–H and O–H groups in total. The largest absolute Gasteiger partial charge is 0.450 e. The van der Waals surface area contributed by atoms with Gasteiger partial charge in [0, 0.05) is 6.07 Å².